The average Bonchev–Trinajstić information content (AvgIpc) is 3.54. The van der Waals surface area contributed by atoms with Gasteiger partial charge in [-0.15, -0.1) is 0 Å². The van der Waals surface area contributed by atoms with E-state index in [0.29, 0.717) is 18.5 Å². The van der Waals surface area contributed by atoms with Crippen LogP contribution in [0.1, 0.15) is 30.4 Å². The second kappa shape index (κ2) is 9.91. The molecule has 2 amide bonds. The van der Waals surface area contributed by atoms with Gasteiger partial charge in [0.05, 0.1) is 12.7 Å². The topological polar surface area (TPSA) is 108 Å². The first-order chi connectivity index (χ1) is 17.0. The highest BCUT2D eigenvalue weighted by Gasteiger charge is 2.54. The van der Waals surface area contributed by atoms with Crippen LogP contribution in [-0.2, 0) is 24.8 Å². The van der Waals surface area contributed by atoms with Crippen molar-refractivity contribution in [2.45, 2.75) is 49.4 Å². The Bertz CT molecular complexity index is 1050. The van der Waals surface area contributed by atoms with Gasteiger partial charge >= 0.3 is 0 Å². The quantitative estimate of drug-likeness (QED) is 0.580. The summed E-state index contributed by atoms with van der Waals surface area (Å²) in [5.41, 5.74) is 2.02. The number of nitrogens with zero attached hydrogens (tertiary/aromatic N) is 1. The number of aliphatic hydroxyl groups is 2. The molecule has 0 radical (unpaired) electrons. The summed E-state index contributed by atoms with van der Waals surface area (Å²) in [7, 11) is 0. The summed E-state index contributed by atoms with van der Waals surface area (Å²) in [6.07, 6.45) is 0.920. The van der Waals surface area contributed by atoms with Gasteiger partial charge in [-0.1, -0.05) is 60.7 Å². The second-order valence-electron chi connectivity index (χ2n) is 9.15. The van der Waals surface area contributed by atoms with Crippen LogP contribution in [0.2, 0.25) is 0 Å². The van der Waals surface area contributed by atoms with Crippen LogP contribution < -0.4 is 5.32 Å². The van der Waals surface area contributed by atoms with Gasteiger partial charge < -0.3 is 29.9 Å². The molecule has 3 aliphatic rings. The summed E-state index contributed by atoms with van der Waals surface area (Å²) in [6.45, 7) is 0.455. The predicted octanol–water partition coefficient (Wildman–Crippen LogP) is 1.46. The van der Waals surface area contributed by atoms with Gasteiger partial charge in [-0.2, -0.15) is 0 Å². The Morgan fingerprint density at radius 2 is 1.69 bits per heavy atom. The van der Waals surface area contributed by atoms with Gasteiger partial charge in [0.25, 0.3) is 0 Å². The second-order valence-corrected chi connectivity index (χ2v) is 9.15. The molecule has 0 unspecified atom stereocenters. The number of amides is 2. The van der Waals surface area contributed by atoms with Gasteiger partial charge in [0.1, 0.15) is 18.2 Å². The molecule has 0 saturated carbocycles. The van der Waals surface area contributed by atoms with Crippen molar-refractivity contribution in [2.24, 2.45) is 0 Å². The third kappa shape index (κ3) is 4.38. The fourth-order valence-electron chi connectivity index (χ4n) is 5.26. The minimum Gasteiger partial charge on any atom is -0.395 e. The van der Waals surface area contributed by atoms with Crippen LogP contribution in [0.3, 0.4) is 0 Å². The van der Waals surface area contributed by atoms with E-state index >= 15 is 0 Å². The summed E-state index contributed by atoms with van der Waals surface area (Å²) in [4.78, 5) is 27.5. The molecule has 0 aromatic heterocycles. The van der Waals surface area contributed by atoms with E-state index in [1.165, 1.54) is 0 Å². The van der Waals surface area contributed by atoms with Crippen LogP contribution in [-0.4, -0.2) is 71.0 Å². The van der Waals surface area contributed by atoms with Crippen molar-refractivity contribution in [1.82, 2.24) is 10.2 Å². The molecular formula is C27H30N2O6. The van der Waals surface area contributed by atoms with E-state index in [0.717, 1.165) is 17.5 Å². The summed E-state index contributed by atoms with van der Waals surface area (Å²) in [6, 6.07) is 18.6. The lowest BCUT2D eigenvalue weighted by molar-refractivity contribution is -0.156. The lowest BCUT2D eigenvalue weighted by Crippen LogP contribution is -2.48. The van der Waals surface area contributed by atoms with Gasteiger partial charge in [0.15, 0.2) is 0 Å². The molecule has 2 saturated heterocycles. The monoisotopic (exact) mass is 478 g/mol. The van der Waals surface area contributed by atoms with Crippen LogP contribution in [0, 0.1) is 0 Å². The molecule has 2 aliphatic heterocycles. The van der Waals surface area contributed by atoms with Crippen LogP contribution >= 0.6 is 0 Å². The fourth-order valence-corrected chi connectivity index (χ4v) is 5.26. The SMILES string of the molecule is O=C(NCCO)[C@H]1CCCN1C(=O)C1=C[C@H]2OC(c3ccccc3)(c3ccccc3)O[C@H]2[C@H](O)C1. The zero-order valence-corrected chi connectivity index (χ0v) is 19.4. The lowest BCUT2D eigenvalue weighted by Gasteiger charge is -2.31. The lowest BCUT2D eigenvalue weighted by atomic mass is 9.91. The number of benzene rings is 2. The van der Waals surface area contributed by atoms with Gasteiger partial charge in [0.2, 0.25) is 17.6 Å². The van der Waals surface area contributed by atoms with Gasteiger partial charge in [0, 0.05) is 36.2 Å². The van der Waals surface area contributed by atoms with E-state index in [-0.39, 0.29) is 31.4 Å². The molecule has 2 heterocycles. The van der Waals surface area contributed by atoms with Crippen molar-refractivity contribution >= 4 is 11.8 Å². The molecule has 4 atom stereocenters. The Hall–Kier alpha value is -3.04. The first-order valence-corrected chi connectivity index (χ1v) is 12.1. The molecule has 0 spiro atoms. The van der Waals surface area contributed by atoms with Crippen molar-refractivity contribution in [3.8, 4) is 0 Å². The summed E-state index contributed by atoms with van der Waals surface area (Å²) in [5, 5.41) is 22.7. The number of carbonyl (C=O) groups is 2. The van der Waals surface area contributed by atoms with Crippen molar-refractivity contribution in [2.75, 3.05) is 19.7 Å². The maximum atomic E-state index is 13.4. The van der Waals surface area contributed by atoms with Crippen molar-refractivity contribution in [1.29, 1.82) is 0 Å². The zero-order valence-electron chi connectivity index (χ0n) is 19.4. The van der Waals surface area contributed by atoms with E-state index in [1.807, 2.05) is 60.7 Å². The molecule has 3 N–H and O–H groups in total. The smallest absolute Gasteiger partial charge is 0.250 e. The molecule has 5 rings (SSSR count). The third-order valence-electron chi connectivity index (χ3n) is 6.91. The number of aliphatic hydroxyl groups excluding tert-OH is 2. The van der Waals surface area contributed by atoms with E-state index in [1.54, 1.807) is 11.0 Å². The highest BCUT2D eigenvalue weighted by atomic mass is 16.8. The van der Waals surface area contributed by atoms with Crippen LogP contribution in [0.5, 0.6) is 0 Å². The number of carbonyl (C=O) groups excluding carboxylic acids is 2. The highest BCUT2D eigenvalue weighted by Crippen LogP contribution is 2.46. The predicted molar refractivity (Wildman–Crippen MR) is 127 cm³/mol. The molecule has 2 aromatic carbocycles. The molecule has 8 nitrogen and oxygen atoms in total. The zero-order chi connectivity index (χ0) is 24.4. The van der Waals surface area contributed by atoms with Crippen molar-refractivity contribution in [3.05, 3.63) is 83.4 Å². The van der Waals surface area contributed by atoms with Crippen molar-refractivity contribution < 1.29 is 29.3 Å². The Morgan fingerprint density at radius 1 is 1.03 bits per heavy atom. The number of nitrogens with one attached hydrogen (secondary N) is 1. The maximum Gasteiger partial charge on any atom is 0.250 e. The van der Waals surface area contributed by atoms with E-state index in [9.17, 15) is 14.7 Å². The standard InChI is InChI=1S/C27H30N2O6/c30-15-13-28-25(32)21-12-7-14-29(21)26(33)18-16-22(31)24-23(17-18)34-27(35-24,19-8-3-1-4-9-19)20-10-5-2-6-11-20/h1-6,8-11,17,21-24,30-31H,7,12-16H2,(H,28,32)/t21-,22-,23-,24+/m1/s1. The minimum atomic E-state index is -1.21. The number of likely N-dealkylation sites (tertiary alicyclic amines) is 1. The molecule has 2 aromatic rings. The molecule has 2 fully saturated rings. The molecule has 8 heteroatoms. The van der Waals surface area contributed by atoms with Crippen LogP contribution in [0.4, 0.5) is 0 Å². The normalized spacial score (nSPS) is 27.3. The Morgan fingerprint density at radius 3 is 2.31 bits per heavy atom. The summed E-state index contributed by atoms with van der Waals surface area (Å²) < 4.78 is 13.0. The first-order valence-electron chi connectivity index (χ1n) is 12.1. The Kier molecular flexibility index (Phi) is 6.71. The molecule has 0 bridgehead atoms. The van der Waals surface area contributed by atoms with E-state index in [2.05, 4.69) is 5.32 Å². The summed E-state index contributed by atoms with van der Waals surface area (Å²) in [5.74, 6) is -1.76. The number of rotatable bonds is 6. The van der Waals surface area contributed by atoms with E-state index < -0.39 is 30.1 Å². The highest BCUT2D eigenvalue weighted by molar-refractivity contribution is 5.97. The number of fused-ring (bicyclic) bond motifs is 1. The van der Waals surface area contributed by atoms with Gasteiger partial charge in [-0.3, -0.25) is 9.59 Å². The molecule has 184 valence electrons. The number of hydrogen-bond acceptors (Lipinski definition) is 6. The van der Waals surface area contributed by atoms with Gasteiger partial charge in [-0.25, -0.2) is 0 Å². The van der Waals surface area contributed by atoms with Gasteiger partial charge in [-0.05, 0) is 18.9 Å². The first kappa shape index (κ1) is 23.7. The van der Waals surface area contributed by atoms with Crippen LogP contribution in [0.15, 0.2) is 72.3 Å². The average molecular weight is 479 g/mol. The summed E-state index contributed by atoms with van der Waals surface area (Å²) >= 11 is 0. The Balaban J connectivity index is 1.43. The molecular weight excluding hydrogens is 448 g/mol. The molecule has 35 heavy (non-hydrogen) atoms. The third-order valence-corrected chi connectivity index (χ3v) is 6.91. The Labute approximate surface area is 204 Å². The van der Waals surface area contributed by atoms with Crippen molar-refractivity contribution in [3.63, 3.8) is 0 Å². The largest absolute Gasteiger partial charge is 0.395 e. The minimum absolute atomic E-state index is 0.116. The molecule has 1 aliphatic carbocycles. The van der Waals surface area contributed by atoms with E-state index in [4.69, 9.17) is 14.6 Å². The fraction of sp³-hybridized carbons (Fsp3) is 0.407. The van der Waals surface area contributed by atoms with Crippen LogP contribution in [0.25, 0.3) is 0 Å². The number of hydrogen-bond donors (Lipinski definition) is 3. The maximum absolute atomic E-state index is 13.4. The number of ether oxygens (including phenoxy) is 2.